The van der Waals surface area contributed by atoms with E-state index in [0.29, 0.717) is 35.6 Å². The Morgan fingerprint density at radius 2 is 1.81 bits per heavy atom. The maximum Gasteiger partial charge on any atom is 0.522 e. The summed E-state index contributed by atoms with van der Waals surface area (Å²) >= 11 is 0. The van der Waals surface area contributed by atoms with Gasteiger partial charge in [-0.15, -0.1) is 13.2 Å². The van der Waals surface area contributed by atoms with E-state index in [1.54, 1.807) is 25.1 Å². The first-order valence-corrected chi connectivity index (χ1v) is 12.6. The van der Waals surface area contributed by atoms with Gasteiger partial charge >= 0.3 is 6.36 Å². The summed E-state index contributed by atoms with van der Waals surface area (Å²) in [5, 5.41) is 0. The number of methoxy groups -OCH3 is 1. The van der Waals surface area contributed by atoms with E-state index in [2.05, 4.69) is 10.8 Å². The Morgan fingerprint density at radius 3 is 2.47 bits per heavy atom. The number of alkyl halides is 5. The van der Waals surface area contributed by atoms with Crippen LogP contribution in [0.2, 0.25) is 0 Å². The summed E-state index contributed by atoms with van der Waals surface area (Å²) in [5.41, 5.74) is -0.182. The molecule has 2 aliphatic carbocycles. The molecule has 3 rings (SSSR count). The molecule has 0 radical (unpaired) electrons. The molecule has 3 nitrogen and oxygen atoms in total. The SMILES string of the molecule is CCC(F)(F)C(C)(CCCC(=O)c1ccc(CCCOC(F)(F)F)c(OC)c1)C1C=CC=CC2CC21. The number of rotatable bonds is 13. The van der Waals surface area contributed by atoms with Gasteiger partial charge in [0.25, 0.3) is 5.92 Å². The van der Waals surface area contributed by atoms with Gasteiger partial charge in [-0.3, -0.25) is 9.53 Å². The minimum absolute atomic E-state index is 0.125. The number of allylic oxidation sites excluding steroid dienone is 4. The number of ether oxygens (including phenoxy) is 2. The van der Waals surface area contributed by atoms with Crippen LogP contribution in [0, 0.1) is 23.2 Å². The van der Waals surface area contributed by atoms with E-state index in [9.17, 15) is 18.0 Å². The third-order valence-electron chi connectivity index (χ3n) is 7.72. The van der Waals surface area contributed by atoms with Gasteiger partial charge in [-0.25, -0.2) is 8.78 Å². The largest absolute Gasteiger partial charge is 0.522 e. The average molecular weight is 515 g/mol. The lowest BCUT2D eigenvalue weighted by Crippen LogP contribution is -2.45. The molecule has 200 valence electrons. The van der Waals surface area contributed by atoms with Crippen LogP contribution in [0.1, 0.15) is 68.3 Å². The Morgan fingerprint density at radius 1 is 1.08 bits per heavy atom. The fraction of sp³-hybridized carbons (Fsp3) is 0.607. The van der Waals surface area contributed by atoms with Crippen molar-refractivity contribution >= 4 is 5.78 Å². The van der Waals surface area contributed by atoms with Gasteiger partial charge in [0.15, 0.2) is 5.78 Å². The van der Waals surface area contributed by atoms with Crippen molar-refractivity contribution in [3.63, 3.8) is 0 Å². The van der Waals surface area contributed by atoms with Crippen molar-refractivity contribution in [1.82, 2.24) is 0 Å². The van der Waals surface area contributed by atoms with Gasteiger partial charge in [0, 0.05) is 23.8 Å². The van der Waals surface area contributed by atoms with E-state index in [1.165, 1.54) is 14.0 Å². The molecule has 1 saturated carbocycles. The second-order valence-corrected chi connectivity index (χ2v) is 10.0. The molecule has 0 saturated heterocycles. The van der Waals surface area contributed by atoms with E-state index in [4.69, 9.17) is 4.74 Å². The summed E-state index contributed by atoms with van der Waals surface area (Å²) in [4.78, 5) is 12.9. The van der Waals surface area contributed by atoms with Crippen LogP contribution in [0.4, 0.5) is 22.0 Å². The Labute approximate surface area is 209 Å². The van der Waals surface area contributed by atoms with Crippen LogP contribution in [0.5, 0.6) is 5.75 Å². The second kappa shape index (κ2) is 11.4. The number of fused-ring (bicyclic) bond motifs is 1. The highest BCUT2D eigenvalue weighted by molar-refractivity contribution is 5.96. The molecule has 1 aromatic carbocycles. The molecular formula is C28H35F5O3. The van der Waals surface area contributed by atoms with Crippen LogP contribution < -0.4 is 4.74 Å². The van der Waals surface area contributed by atoms with E-state index in [-0.39, 0.29) is 43.3 Å². The fourth-order valence-electron chi connectivity index (χ4n) is 5.42. The summed E-state index contributed by atoms with van der Waals surface area (Å²) in [5.74, 6) is -2.30. The first-order valence-electron chi connectivity index (χ1n) is 12.6. The molecule has 0 aliphatic heterocycles. The Bertz CT molecular complexity index is 968. The van der Waals surface area contributed by atoms with Gasteiger partial charge in [-0.1, -0.05) is 50.3 Å². The van der Waals surface area contributed by atoms with Crippen molar-refractivity contribution in [2.45, 2.75) is 71.1 Å². The normalized spacial score (nSPS) is 23.1. The molecule has 0 spiro atoms. The number of carbonyl (C=O) groups excluding carboxylic acids is 1. The van der Waals surface area contributed by atoms with Crippen LogP contribution in [0.3, 0.4) is 0 Å². The van der Waals surface area contributed by atoms with E-state index >= 15 is 8.78 Å². The highest BCUT2D eigenvalue weighted by atomic mass is 19.4. The van der Waals surface area contributed by atoms with Crippen molar-refractivity contribution in [3.05, 3.63) is 53.6 Å². The number of carbonyl (C=O) groups is 1. The van der Waals surface area contributed by atoms with E-state index in [0.717, 1.165) is 6.42 Å². The number of benzene rings is 1. The second-order valence-electron chi connectivity index (χ2n) is 10.0. The molecule has 1 aromatic rings. The minimum atomic E-state index is -4.67. The van der Waals surface area contributed by atoms with Crippen LogP contribution in [0.25, 0.3) is 0 Å². The summed E-state index contributed by atoms with van der Waals surface area (Å²) < 4.78 is 76.1. The fourth-order valence-corrected chi connectivity index (χ4v) is 5.42. The smallest absolute Gasteiger partial charge is 0.496 e. The molecule has 4 atom stereocenters. The molecule has 0 aromatic heterocycles. The first-order chi connectivity index (χ1) is 16.9. The molecule has 4 unspecified atom stereocenters. The van der Waals surface area contributed by atoms with Crippen molar-refractivity contribution in [1.29, 1.82) is 0 Å². The molecule has 8 heteroatoms. The van der Waals surface area contributed by atoms with Gasteiger partial charge in [-0.2, -0.15) is 0 Å². The molecule has 1 fully saturated rings. The average Bonchev–Trinajstić information content (AvgIpc) is 3.61. The Kier molecular flexibility index (Phi) is 9.02. The zero-order valence-corrected chi connectivity index (χ0v) is 21.0. The van der Waals surface area contributed by atoms with E-state index in [1.807, 2.05) is 18.2 Å². The van der Waals surface area contributed by atoms with Gasteiger partial charge < -0.3 is 4.74 Å². The maximum atomic E-state index is 15.3. The lowest BCUT2D eigenvalue weighted by atomic mass is 9.65. The standard InChI is InChI=1S/C28H35F5O3/c1-4-27(29,30)26(2,23-11-6-5-9-20-17-22(20)23)15-7-12-24(34)21-14-13-19(25(18-21)35-3)10-8-16-36-28(31,32)33/h5-6,9,11,13-14,18,20,22-23H,4,7-8,10,12,15-17H2,1-3H3. The molecule has 0 heterocycles. The van der Waals surface area contributed by atoms with Crippen molar-refractivity contribution in [2.75, 3.05) is 13.7 Å². The molecule has 36 heavy (non-hydrogen) atoms. The highest BCUT2D eigenvalue weighted by Crippen LogP contribution is 2.59. The molecule has 0 bridgehead atoms. The van der Waals surface area contributed by atoms with Crippen molar-refractivity contribution in [3.8, 4) is 5.75 Å². The predicted molar refractivity (Wildman–Crippen MR) is 128 cm³/mol. The first kappa shape index (κ1) is 28.4. The van der Waals surface area contributed by atoms with Gasteiger partial charge in [-0.05, 0) is 61.5 Å². The Balaban J connectivity index is 1.62. The summed E-state index contributed by atoms with van der Waals surface area (Å²) in [6, 6.07) is 4.83. The summed E-state index contributed by atoms with van der Waals surface area (Å²) in [6.07, 6.45) is 4.96. The van der Waals surface area contributed by atoms with Crippen LogP contribution >= 0.6 is 0 Å². The van der Waals surface area contributed by atoms with Crippen LogP contribution in [0.15, 0.2) is 42.5 Å². The number of ketones is 1. The number of Topliss-reactive ketones (excluding diaryl/α,β-unsaturated/α-hetero) is 1. The zero-order valence-electron chi connectivity index (χ0n) is 21.0. The number of aryl methyl sites for hydroxylation is 1. The molecular weight excluding hydrogens is 479 g/mol. The number of hydrogen-bond acceptors (Lipinski definition) is 3. The van der Waals surface area contributed by atoms with Crippen molar-refractivity contribution in [2.24, 2.45) is 23.2 Å². The van der Waals surface area contributed by atoms with Crippen molar-refractivity contribution < 1.29 is 36.2 Å². The van der Waals surface area contributed by atoms with E-state index < -0.39 is 24.3 Å². The monoisotopic (exact) mass is 514 g/mol. The maximum absolute atomic E-state index is 15.3. The summed E-state index contributed by atoms with van der Waals surface area (Å²) in [7, 11) is 1.43. The topological polar surface area (TPSA) is 35.5 Å². The summed E-state index contributed by atoms with van der Waals surface area (Å²) in [6.45, 7) is 2.70. The lowest BCUT2D eigenvalue weighted by Gasteiger charge is -2.43. The highest BCUT2D eigenvalue weighted by Gasteiger charge is 2.58. The predicted octanol–water partition coefficient (Wildman–Crippen LogP) is 7.95. The van der Waals surface area contributed by atoms with Gasteiger partial charge in [0.05, 0.1) is 13.7 Å². The quantitative estimate of drug-likeness (QED) is 0.152. The van der Waals surface area contributed by atoms with Gasteiger partial charge in [0.1, 0.15) is 5.75 Å². The number of hydrogen-bond donors (Lipinski definition) is 0. The molecule has 0 N–H and O–H groups in total. The van der Waals surface area contributed by atoms with Crippen LogP contribution in [-0.2, 0) is 11.2 Å². The molecule has 0 amide bonds. The number of halogens is 5. The molecule has 2 aliphatic rings. The Hall–Kier alpha value is -2.22. The minimum Gasteiger partial charge on any atom is -0.496 e. The third kappa shape index (κ3) is 6.75. The van der Waals surface area contributed by atoms with Crippen LogP contribution in [-0.4, -0.2) is 31.8 Å². The lowest BCUT2D eigenvalue weighted by molar-refractivity contribution is -0.324. The zero-order chi connectivity index (χ0) is 26.6. The van der Waals surface area contributed by atoms with Gasteiger partial charge in [0.2, 0.25) is 0 Å². The third-order valence-corrected chi connectivity index (χ3v) is 7.72.